The molecule has 0 amide bonds. The van der Waals surface area contributed by atoms with Crippen LogP contribution in [0.5, 0.6) is 11.5 Å². The molecule has 0 radical (unpaired) electrons. The summed E-state index contributed by atoms with van der Waals surface area (Å²) in [5.74, 6) is -0.324. The molecule has 1 fully saturated rings. The molecule has 5 N–H and O–H groups in total. The Morgan fingerprint density at radius 1 is 1.03 bits per heavy atom. The van der Waals surface area contributed by atoms with E-state index in [9.17, 15) is 30.3 Å². The summed E-state index contributed by atoms with van der Waals surface area (Å²) in [7, 11) is 0. The second-order valence-electron chi connectivity index (χ2n) is 7.88. The topological polar surface area (TPSA) is 150 Å². The average Bonchev–Trinajstić information content (AvgIpc) is 2.78. The van der Waals surface area contributed by atoms with Crippen LogP contribution in [0.15, 0.2) is 45.8 Å². The van der Waals surface area contributed by atoms with Crippen LogP contribution in [0.1, 0.15) is 11.1 Å². The van der Waals surface area contributed by atoms with Gasteiger partial charge in [0.2, 0.25) is 11.7 Å². The molecule has 170 valence electrons. The summed E-state index contributed by atoms with van der Waals surface area (Å²) in [5.41, 5.74) is 1.78. The minimum absolute atomic E-state index is 0.0262. The van der Waals surface area contributed by atoms with Gasteiger partial charge in [-0.1, -0.05) is 29.8 Å². The fraction of sp³-hybridized carbons (Fsp3) is 0.348. The van der Waals surface area contributed by atoms with E-state index in [2.05, 4.69) is 0 Å². The van der Waals surface area contributed by atoms with E-state index in [1.165, 1.54) is 19.3 Å². The average molecular weight is 444 g/mol. The van der Waals surface area contributed by atoms with Crippen LogP contribution in [0.4, 0.5) is 0 Å². The number of hydrogen-bond acceptors (Lipinski definition) is 9. The molecule has 5 atom stereocenters. The van der Waals surface area contributed by atoms with E-state index in [0.29, 0.717) is 5.56 Å². The van der Waals surface area contributed by atoms with E-state index >= 15 is 0 Å². The molecule has 1 saturated heterocycles. The molecular weight excluding hydrogens is 420 g/mol. The molecule has 3 aromatic rings. The fourth-order valence-electron chi connectivity index (χ4n) is 3.69. The maximum atomic E-state index is 13.1. The number of phenols is 1. The second-order valence-corrected chi connectivity index (χ2v) is 7.88. The second kappa shape index (κ2) is 8.53. The summed E-state index contributed by atoms with van der Waals surface area (Å²) < 4.78 is 16.6. The van der Waals surface area contributed by atoms with Gasteiger partial charge in [-0.15, -0.1) is 0 Å². The van der Waals surface area contributed by atoms with Gasteiger partial charge in [-0.25, -0.2) is 0 Å². The van der Waals surface area contributed by atoms with Gasteiger partial charge in [-0.3, -0.25) is 4.79 Å². The van der Waals surface area contributed by atoms with Crippen LogP contribution in [-0.2, 0) is 4.74 Å². The van der Waals surface area contributed by atoms with E-state index in [4.69, 9.17) is 13.9 Å². The van der Waals surface area contributed by atoms with Crippen LogP contribution in [-0.4, -0.2) is 62.8 Å². The molecule has 0 aliphatic carbocycles. The number of aliphatic hydroxyl groups excluding tert-OH is 4. The number of benzene rings is 2. The highest BCUT2D eigenvalue weighted by Crippen LogP contribution is 2.36. The van der Waals surface area contributed by atoms with Crippen LogP contribution < -0.4 is 10.2 Å². The first kappa shape index (κ1) is 22.3. The molecule has 2 heterocycles. The molecule has 2 aromatic carbocycles. The molecule has 0 spiro atoms. The number of phenolic OH excluding ortho intramolecular Hbond substituents is 1. The van der Waals surface area contributed by atoms with Crippen LogP contribution in [0.25, 0.3) is 22.1 Å². The minimum atomic E-state index is -1.62. The summed E-state index contributed by atoms with van der Waals surface area (Å²) in [4.78, 5) is 13.1. The first-order valence-corrected chi connectivity index (χ1v) is 10.0. The van der Waals surface area contributed by atoms with E-state index in [1.807, 2.05) is 19.1 Å². The maximum Gasteiger partial charge on any atom is 0.229 e. The number of aromatic hydroxyl groups is 1. The third-order valence-electron chi connectivity index (χ3n) is 5.70. The zero-order chi connectivity index (χ0) is 23.2. The minimum Gasteiger partial charge on any atom is -0.507 e. The summed E-state index contributed by atoms with van der Waals surface area (Å²) in [5, 5.41) is 50.1. The largest absolute Gasteiger partial charge is 0.507 e. The monoisotopic (exact) mass is 444 g/mol. The molecule has 9 heteroatoms. The maximum absolute atomic E-state index is 13.1. The van der Waals surface area contributed by atoms with Crippen molar-refractivity contribution in [1.29, 1.82) is 0 Å². The summed E-state index contributed by atoms with van der Waals surface area (Å²) >= 11 is 0. The molecule has 32 heavy (non-hydrogen) atoms. The molecule has 1 aliphatic rings. The lowest BCUT2D eigenvalue weighted by Gasteiger charge is -2.39. The number of aryl methyl sites for hydroxylation is 1. The van der Waals surface area contributed by atoms with Gasteiger partial charge in [0.25, 0.3) is 0 Å². The van der Waals surface area contributed by atoms with E-state index in [1.54, 1.807) is 12.1 Å². The van der Waals surface area contributed by atoms with Gasteiger partial charge in [0, 0.05) is 11.6 Å². The highest BCUT2D eigenvalue weighted by atomic mass is 16.7. The van der Waals surface area contributed by atoms with Gasteiger partial charge >= 0.3 is 0 Å². The van der Waals surface area contributed by atoms with E-state index in [-0.39, 0.29) is 33.6 Å². The van der Waals surface area contributed by atoms with Crippen molar-refractivity contribution >= 4 is 11.0 Å². The predicted molar refractivity (Wildman–Crippen MR) is 113 cm³/mol. The van der Waals surface area contributed by atoms with E-state index < -0.39 is 42.7 Å². The predicted octanol–water partition coefficient (Wildman–Crippen LogP) is 0.961. The van der Waals surface area contributed by atoms with Crippen LogP contribution in [0, 0.1) is 13.8 Å². The van der Waals surface area contributed by atoms with Crippen LogP contribution in [0.3, 0.4) is 0 Å². The SMILES string of the molecule is Cc1ccc(-c2coc3cc(O[C@@H]4O[C@H](CO)[C@@H](O)[C@H](O)[C@H]4O)c(C)c(O)c3c2=O)cc1. The van der Waals surface area contributed by atoms with Crippen LogP contribution >= 0.6 is 0 Å². The van der Waals surface area contributed by atoms with Gasteiger partial charge in [-0.2, -0.15) is 0 Å². The van der Waals surface area contributed by atoms with Crippen molar-refractivity contribution in [2.75, 3.05) is 6.61 Å². The van der Waals surface area contributed by atoms with Crippen molar-refractivity contribution in [3.05, 3.63) is 57.9 Å². The first-order valence-electron chi connectivity index (χ1n) is 10.0. The Bertz CT molecular complexity index is 1180. The number of rotatable bonds is 4. The molecule has 1 aromatic heterocycles. The Kier molecular flexibility index (Phi) is 5.93. The lowest BCUT2D eigenvalue weighted by Crippen LogP contribution is -2.60. The highest BCUT2D eigenvalue weighted by Gasteiger charge is 2.45. The Morgan fingerprint density at radius 2 is 1.72 bits per heavy atom. The number of fused-ring (bicyclic) bond motifs is 1. The van der Waals surface area contributed by atoms with Crippen LogP contribution in [0.2, 0.25) is 0 Å². The lowest BCUT2D eigenvalue weighted by molar-refractivity contribution is -0.277. The summed E-state index contributed by atoms with van der Waals surface area (Å²) in [6, 6.07) is 8.66. The van der Waals surface area contributed by atoms with Gasteiger partial charge in [0.1, 0.15) is 53.1 Å². The van der Waals surface area contributed by atoms with Crippen molar-refractivity contribution < 1.29 is 39.4 Å². The Balaban J connectivity index is 1.73. The van der Waals surface area contributed by atoms with Gasteiger partial charge < -0.3 is 39.4 Å². The third-order valence-corrected chi connectivity index (χ3v) is 5.70. The summed E-state index contributed by atoms with van der Waals surface area (Å²) in [6.07, 6.45) is -6.07. The Morgan fingerprint density at radius 3 is 2.38 bits per heavy atom. The van der Waals surface area contributed by atoms with Crippen molar-refractivity contribution in [3.63, 3.8) is 0 Å². The molecule has 0 bridgehead atoms. The Labute approximate surface area is 182 Å². The van der Waals surface area contributed by atoms with E-state index in [0.717, 1.165) is 5.56 Å². The number of aliphatic hydroxyl groups is 4. The number of ether oxygens (including phenoxy) is 2. The quantitative estimate of drug-likeness (QED) is 0.396. The highest BCUT2D eigenvalue weighted by molar-refractivity contribution is 5.89. The zero-order valence-corrected chi connectivity index (χ0v) is 17.4. The molecule has 4 rings (SSSR count). The van der Waals surface area contributed by atoms with Gasteiger partial charge in [-0.05, 0) is 19.4 Å². The number of hydrogen-bond donors (Lipinski definition) is 5. The lowest BCUT2D eigenvalue weighted by atomic mass is 9.99. The van der Waals surface area contributed by atoms with Crippen molar-refractivity contribution in [2.45, 2.75) is 44.6 Å². The van der Waals surface area contributed by atoms with Gasteiger partial charge in [0.15, 0.2) is 0 Å². The van der Waals surface area contributed by atoms with Crippen molar-refractivity contribution in [2.24, 2.45) is 0 Å². The molecule has 1 aliphatic heterocycles. The normalized spacial score (nSPS) is 25.8. The zero-order valence-electron chi connectivity index (χ0n) is 17.4. The fourth-order valence-corrected chi connectivity index (χ4v) is 3.69. The van der Waals surface area contributed by atoms with Crippen molar-refractivity contribution in [3.8, 4) is 22.6 Å². The first-order chi connectivity index (χ1) is 15.2. The third kappa shape index (κ3) is 3.74. The van der Waals surface area contributed by atoms with Crippen molar-refractivity contribution in [1.82, 2.24) is 0 Å². The molecule has 0 unspecified atom stereocenters. The molecular formula is C23H24O9. The summed E-state index contributed by atoms with van der Waals surface area (Å²) in [6.45, 7) is 2.83. The molecule has 9 nitrogen and oxygen atoms in total. The Hall–Kier alpha value is -2.95. The van der Waals surface area contributed by atoms with Gasteiger partial charge in [0.05, 0.1) is 12.2 Å². The smallest absolute Gasteiger partial charge is 0.229 e. The molecule has 0 saturated carbocycles. The standard InChI is InChI=1S/C23H24O9/c1-10-3-5-12(6-4-10)13-9-30-15-7-14(11(2)18(25)17(15)19(13)26)31-23-22(29)21(28)20(27)16(8-24)32-23/h3-7,9,16,20-25,27-29H,8H2,1-2H3/t16-,20-,21+,22-,23-/m1/s1.